The number of anilines is 1. The molecule has 0 unspecified atom stereocenters. The molecule has 5 nitrogen and oxygen atoms in total. The molecule has 0 saturated carbocycles. The summed E-state index contributed by atoms with van der Waals surface area (Å²) in [6.07, 6.45) is 0.719. The lowest BCUT2D eigenvalue weighted by molar-refractivity contribution is 0.364. The van der Waals surface area contributed by atoms with Crippen molar-refractivity contribution in [3.8, 4) is 11.5 Å². The number of hydrogen-bond donors (Lipinski definition) is 1. The molecule has 1 atom stereocenters. The molecule has 0 amide bonds. The summed E-state index contributed by atoms with van der Waals surface area (Å²) in [5.41, 5.74) is 4.02. The molecule has 1 heterocycles. The fraction of sp³-hybridized carbons (Fsp3) is 0.167. The summed E-state index contributed by atoms with van der Waals surface area (Å²) in [4.78, 5) is 0. The molecule has 30 heavy (non-hydrogen) atoms. The average Bonchev–Trinajstić information content (AvgIpc) is 3.26. The topological polar surface area (TPSA) is 46.1 Å². The molecule has 0 aliphatic carbocycles. The Bertz CT molecular complexity index is 1030. The van der Waals surface area contributed by atoms with E-state index in [0.717, 1.165) is 40.4 Å². The number of nitrogens with zero attached hydrogens (tertiary/aromatic N) is 2. The number of para-hydroxylation sites is 1. The lowest BCUT2D eigenvalue weighted by Gasteiger charge is -2.25. The molecule has 1 aliphatic rings. The van der Waals surface area contributed by atoms with Gasteiger partial charge in [-0.2, -0.15) is 5.10 Å². The fourth-order valence-corrected chi connectivity index (χ4v) is 3.77. The van der Waals surface area contributed by atoms with Crippen molar-refractivity contribution >= 4 is 28.7 Å². The van der Waals surface area contributed by atoms with Crippen molar-refractivity contribution in [2.45, 2.75) is 12.5 Å². The SMILES string of the molecule is COc1cc(OC)cc([C@H]2CC(c3ccccc3)=NN2C(=S)Nc2ccccc2)c1. The standard InChI is InChI=1S/C24H23N3O2S/c1-28-20-13-18(14-21(15-20)29-2)23-16-22(17-9-5-3-6-10-17)26-27(23)24(30)25-19-11-7-4-8-12-19/h3-15,23H,16H2,1-2H3,(H,25,30)/t23-/m1/s1. The first-order valence-electron chi connectivity index (χ1n) is 9.69. The van der Waals surface area contributed by atoms with Crippen LogP contribution in [-0.4, -0.2) is 30.1 Å². The molecule has 6 heteroatoms. The number of hydrogen-bond acceptors (Lipinski definition) is 4. The van der Waals surface area contributed by atoms with Gasteiger partial charge in [0, 0.05) is 18.2 Å². The molecule has 1 N–H and O–H groups in total. The van der Waals surface area contributed by atoms with Gasteiger partial charge in [0.25, 0.3) is 0 Å². The highest BCUT2D eigenvalue weighted by Gasteiger charge is 2.32. The van der Waals surface area contributed by atoms with Crippen LogP contribution in [0, 0.1) is 0 Å². The van der Waals surface area contributed by atoms with E-state index in [1.807, 2.05) is 71.7 Å². The second kappa shape index (κ2) is 8.97. The first-order chi connectivity index (χ1) is 14.7. The molecule has 0 aromatic heterocycles. The van der Waals surface area contributed by atoms with Crippen molar-refractivity contribution in [1.82, 2.24) is 5.01 Å². The van der Waals surface area contributed by atoms with E-state index in [1.165, 1.54) is 0 Å². The monoisotopic (exact) mass is 417 g/mol. The molecular weight excluding hydrogens is 394 g/mol. The Balaban J connectivity index is 1.70. The number of thiocarbonyl (C=S) groups is 1. The van der Waals surface area contributed by atoms with Crippen LogP contribution in [0.15, 0.2) is 84.0 Å². The molecule has 0 fully saturated rings. The molecule has 0 radical (unpaired) electrons. The fourth-order valence-electron chi connectivity index (χ4n) is 3.49. The average molecular weight is 418 g/mol. The van der Waals surface area contributed by atoms with Crippen LogP contribution in [0.4, 0.5) is 5.69 Å². The van der Waals surface area contributed by atoms with E-state index < -0.39 is 0 Å². The number of ether oxygens (including phenoxy) is 2. The van der Waals surface area contributed by atoms with E-state index in [9.17, 15) is 0 Å². The van der Waals surface area contributed by atoms with Crippen LogP contribution in [0.2, 0.25) is 0 Å². The van der Waals surface area contributed by atoms with Gasteiger partial charge in [0.1, 0.15) is 11.5 Å². The molecule has 0 spiro atoms. The molecule has 4 rings (SSSR count). The van der Waals surface area contributed by atoms with Crippen molar-refractivity contribution in [2.24, 2.45) is 5.10 Å². The van der Waals surface area contributed by atoms with E-state index in [1.54, 1.807) is 14.2 Å². The van der Waals surface area contributed by atoms with Crippen LogP contribution < -0.4 is 14.8 Å². The van der Waals surface area contributed by atoms with Gasteiger partial charge in [0.05, 0.1) is 26.0 Å². The summed E-state index contributed by atoms with van der Waals surface area (Å²) >= 11 is 5.74. The lowest BCUT2D eigenvalue weighted by atomic mass is 9.98. The van der Waals surface area contributed by atoms with Gasteiger partial charge < -0.3 is 14.8 Å². The van der Waals surface area contributed by atoms with Crippen LogP contribution in [0.25, 0.3) is 0 Å². The largest absolute Gasteiger partial charge is 0.497 e. The van der Waals surface area contributed by atoms with Crippen molar-refractivity contribution in [3.63, 3.8) is 0 Å². The summed E-state index contributed by atoms with van der Waals surface area (Å²) in [7, 11) is 3.30. The van der Waals surface area contributed by atoms with E-state index in [0.29, 0.717) is 5.11 Å². The Morgan fingerprint density at radius 2 is 1.53 bits per heavy atom. The number of nitrogens with one attached hydrogen (secondary N) is 1. The predicted molar refractivity (Wildman–Crippen MR) is 124 cm³/mol. The quantitative estimate of drug-likeness (QED) is 0.575. The molecule has 3 aromatic carbocycles. The Morgan fingerprint density at radius 3 is 2.13 bits per heavy atom. The molecule has 0 bridgehead atoms. The molecule has 152 valence electrons. The predicted octanol–water partition coefficient (Wildman–Crippen LogP) is 5.25. The minimum Gasteiger partial charge on any atom is -0.497 e. The normalized spacial score (nSPS) is 15.5. The van der Waals surface area contributed by atoms with Gasteiger partial charge in [-0.1, -0.05) is 48.5 Å². The summed E-state index contributed by atoms with van der Waals surface area (Å²) in [5.74, 6) is 1.47. The summed E-state index contributed by atoms with van der Waals surface area (Å²) in [6, 6.07) is 25.9. The summed E-state index contributed by atoms with van der Waals surface area (Å²) in [5, 5.41) is 10.6. The van der Waals surface area contributed by atoms with Crippen LogP contribution in [-0.2, 0) is 0 Å². The Hall–Kier alpha value is -3.38. The van der Waals surface area contributed by atoms with Crippen LogP contribution in [0.3, 0.4) is 0 Å². The van der Waals surface area contributed by atoms with Gasteiger partial charge in [-0.25, -0.2) is 5.01 Å². The lowest BCUT2D eigenvalue weighted by Crippen LogP contribution is -2.31. The molecule has 1 aliphatic heterocycles. The van der Waals surface area contributed by atoms with Gasteiger partial charge in [0.15, 0.2) is 5.11 Å². The van der Waals surface area contributed by atoms with Crippen LogP contribution in [0.5, 0.6) is 11.5 Å². The highest BCUT2D eigenvalue weighted by molar-refractivity contribution is 7.80. The van der Waals surface area contributed by atoms with E-state index in [-0.39, 0.29) is 6.04 Å². The molecule has 0 saturated heterocycles. The Morgan fingerprint density at radius 1 is 0.933 bits per heavy atom. The van der Waals surface area contributed by atoms with E-state index >= 15 is 0 Å². The van der Waals surface area contributed by atoms with Crippen LogP contribution in [0.1, 0.15) is 23.6 Å². The third kappa shape index (κ3) is 4.28. The van der Waals surface area contributed by atoms with Gasteiger partial charge in [-0.3, -0.25) is 0 Å². The zero-order chi connectivity index (χ0) is 20.9. The van der Waals surface area contributed by atoms with Gasteiger partial charge in [-0.05, 0) is 47.6 Å². The van der Waals surface area contributed by atoms with E-state index in [4.69, 9.17) is 26.8 Å². The second-order valence-electron chi connectivity index (χ2n) is 6.92. The number of methoxy groups -OCH3 is 2. The van der Waals surface area contributed by atoms with Gasteiger partial charge in [-0.15, -0.1) is 0 Å². The third-order valence-corrected chi connectivity index (χ3v) is 5.30. The number of hydrazone groups is 1. The van der Waals surface area contributed by atoms with Crippen molar-refractivity contribution < 1.29 is 9.47 Å². The Labute approximate surface area is 181 Å². The Kier molecular flexibility index (Phi) is 5.95. The summed E-state index contributed by atoms with van der Waals surface area (Å²) < 4.78 is 11.0. The van der Waals surface area contributed by atoms with Crippen LogP contribution >= 0.6 is 12.2 Å². The highest BCUT2D eigenvalue weighted by atomic mass is 32.1. The van der Waals surface area contributed by atoms with Gasteiger partial charge >= 0.3 is 0 Å². The summed E-state index contributed by atoms with van der Waals surface area (Å²) in [6.45, 7) is 0. The molecule has 3 aromatic rings. The van der Waals surface area contributed by atoms with Crippen molar-refractivity contribution in [3.05, 3.63) is 90.0 Å². The number of rotatable bonds is 5. The zero-order valence-electron chi connectivity index (χ0n) is 16.9. The third-order valence-electron chi connectivity index (χ3n) is 5.01. The second-order valence-corrected chi connectivity index (χ2v) is 7.31. The van der Waals surface area contributed by atoms with E-state index in [2.05, 4.69) is 17.4 Å². The maximum Gasteiger partial charge on any atom is 0.194 e. The number of benzene rings is 3. The first kappa shape index (κ1) is 19.9. The first-order valence-corrected chi connectivity index (χ1v) is 10.1. The maximum absolute atomic E-state index is 5.74. The smallest absolute Gasteiger partial charge is 0.194 e. The minimum atomic E-state index is -0.0760. The molecular formula is C24H23N3O2S. The minimum absolute atomic E-state index is 0.0760. The van der Waals surface area contributed by atoms with Gasteiger partial charge in [0.2, 0.25) is 0 Å². The zero-order valence-corrected chi connectivity index (χ0v) is 17.7. The highest BCUT2D eigenvalue weighted by Crippen LogP contribution is 2.37. The van der Waals surface area contributed by atoms with Crippen molar-refractivity contribution in [1.29, 1.82) is 0 Å². The maximum atomic E-state index is 5.74. The van der Waals surface area contributed by atoms with Crippen molar-refractivity contribution in [2.75, 3.05) is 19.5 Å².